The molecule has 4 rings (SSSR count). The third kappa shape index (κ3) is 4.47. The first-order chi connectivity index (χ1) is 17.1. The predicted molar refractivity (Wildman–Crippen MR) is 118 cm³/mol. The van der Waals surface area contributed by atoms with Crippen molar-refractivity contribution in [1.29, 1.82) is 0 Å². The molecule has 186 valence electrons. The minimum atomic E-state index is -2.34. The molecule has 1 aromatic heterocycles. The Morgan fingerprint density at radius 1 is 0.917 bits per heavy atom. The largest absolute Gasteiger partial charge is 0.497 e. The Balaban J connectivity index is 1.52. The number of fused-ring (bicyclic) bond motifs is 1. The van der Waals surface area contributed by atoms with Crippen molar-refractivity contribution in [3.8, 4) is 11.5 Å². The average molecular weight is 505 g/mol. The van der Waals surface area contributed by atoms with Crippen LogP contribution in [0.15, 0.2) is 46.9 Å². The topological polar surface area (TPSA) is 77.8 Å². The molecule has 0 unspecified atom stereocenters. The fourth-order valence-electron chi connectivity index (χ4n) is 3.46. The first-order valence-electron chi connectivity index (χ1n) is 10.3. The fourth-order valence-corrected chi connectivity index (χ4v) is 3.46. The van der Waals surface area contributed by atoms with Gasteiger partial charge in [0.15, 0.2) is 18.1 Å². The summed E-state index contributed by atoms with van der Waals surface area (Å²) in [6, 6.07) is 10.9. The van der Waals surface area contributed by atoms with E-state index in [0.717, 1.165) is 0 Å². The number of halogens is 5. The molecule has 0 radical (unpaired) electrons. The Kier molecular flexibility index (Phi) is 6.65. The van der Waals surface area contributed by atoms with Gasteiger partial charge in [-0.25, -0.2) is 13.2 Å². The smallest absolute Gasteiger partial charge is 0.262 e. The summed E-state index contributed by atoms with van der Waals surface area (Å²) in [7, 11) is 1.47. The number of ether oxygens (including phenoxy) is 2. The van der Waals surface area contributed by atoms with E-state index in [-0.39, 0.29) is 17.2 Å². The monoisotopic (exact) mass is 505 g/mol. The lowest BCUT2D eigenvalue weighted by atomic mass is 10.0. The maximum atomic E-state index is 13.7. The molecule has 0 aliphatic rings. The van der Waals surface area contributed by atoms with E-state index >= 15 is 0 Å². The third-order valence-electron chi connectivity index (χ3n) is 5.28. The standard InChI is InChI=1S/C25H16F5NO5/c1-11-15-9-13(31-17(32)10-35-25-21(29)19(27)18(26)20(28)22(25)30)6-7-16(15)36-24(11)23(33)12-4-3-5-14(8-12)34-2/h3-9H,10H2,1-2H3,(H,31,32). The SMILES string of the molecule is COc1cccc(C(=O)c2oc3ccc(NC(=O)COc4c(F)c(F)c(F)c(F)c4F)cc3c2C)c1. The summed E-state index contributed by atoms with van der Waals surface area (Å²) in [5.74, 6) is -13.4. The van der Waals surface area contributed by atoms with Gasteiger partial charge < -0.3 is 19.2 Å². The lowest BCUT2D eigenvalue weighted by Crippen LogP contribution is -2.21. The number of aryl methyl sites for hydroxylation is 1. The number of methoxy groups -OCH3 is 1. The van der Waals surface area contributed by atoms with Crippen LogP contribution in [0.3, 0.4) is 0 Å². The molecule has 0 saturated carbocycles. The molecule has 36 heavy (non-hydrogen) atoms. The van der Waals surface area contributed by atoms with Crippen LogP contribution in [0.5, 0.6) is 11.5 Å². The van der Waals surface area contributed by atoms with Gasteiger partial charge in [-0.1, -0.05) is 12.1 Å². The molecule has 6 nitrogen and oxygen atoms in total. The van der Waals surface area contributed by atoms with Crippen LogP contribution < -0.4 is 14.8 Å². The van der Waals surface area contributed by atoms with E-state index in [0.29, 0.717) is 27.8 Å². The second kappa shape index (κ2) is 9.68. The van der Waals surface area contributed by atoms with Crippen LogP contribution >= 0.6 is 0 Å². The van der Waals surface area contributed by atoms with E-state index in [1.54, 1.807) is 31.2 Å². The highest BCUT2D eigenvalue weighted by molar-refractivity contribution is 6.11. The molecule has 0 fully saturated rings. The summed E-state index contributed by atoms with van der Waals surface area (Å²) >= 11 is 0. The Morgan fingerprint density at radius 3 is 2.25 bits per heavy atom. The number of anilines is 1. The van der Waals surface area contributed by atoms with E-state index in [9.17, 15) is 31.5 Å². The van der Waals surface area contributed by atoms with E-state index in [4.69, 9.17) is 9.15 Å². The zero-order valence-corrected chi connectivity index (χ0v) is 18.7. The second-order valence-corrected chi connectivity index (χ2v) is 7.56. The van der Waals surface area contributed by atoms with Crippen LogP contribution in [-0.4, -0.2) is 25.4 Å². The predicted octanol–water partition coefficient (Wildman–Crippen LogP) is 5.69. The number of carbonyl (C=O) groups excluding carboxylic acids is 2. The summed E-state index contributed by atoms with van der Waals surface area (Å²) in [6.07, 6.45) is 0. The Bertz CT molecular complexity index is 1490. The van der Waals surface area contributed by atoms with Crippen molar-refractivity contribution in [2.45, 2.75) is 6.92 Å². The molecule has 1 N–H and O–H groups in total. The molecular formula is C25H16F5NO5. The van der Waals surface area contributed by atoms with E-state index < -0.39 is 47.3 Å². The van der Waals surface area contributed by atoms with Crippen LogP contribution in [0.25, 0.3) is 11.0 Å². The molecule has 11 heteroatoms. The van der Waals surface area contributed by atoms with Crippen molar-refractivity contribution in [1.82, 2.24) is 0 Å². The number of hydrogen-bond acceptors (Lipinski definition) is 5. The van der Waals surface area contributed by atoms with Gasteiger partial charge in [-0.2, -0.15) is 8.78 Å². The number of ketones is 1. The number of carbonyl (C=O) groups is 2. The van der Waals surface area contributed by atoms with Gasteiger partial charge in [-0.3, -0.25) is 9.59 Å². The first-order valence-corrected chi connectivity index (χ1v) is 10.3. The Morgan fingerprint density at radius 2 is 1.58 bits per heavy atom. The molecule has 0 aliphatic heterocycles. The minimum absolute atomic E-state index is 0.0800. The second-order valence-electron chi connectivity index (χ2n) is 7.56. The van der Waals surface area contributed by atoms with Gasteiger partial charge >= 0.3 is 0 Å². The van der Waals surface area contributed by atoms with Gasteiger partial charge in [0.05, 0.1) is 7.11 Å². The zero-order valence-electron chi connectivity index (χ0n) is 18.7. The average Bonchev–Trinajstić information content (AvgIpc) is 3.21. The van der Waals surface area contributed by atoms with Crippen molar-refractivity contribution in [2.24, 2.45) is 0 Å². The highest BCUT2D eigenvalue weighted by atomic mass is 19.2. The quantitative estimate of drug-likeness (QED) is 0.151. The van der Waals surface area contributed by atoms with E-state index in [2.05, 4.69) is 10.1 Å². The van der Waals surface area contributed by atoms with Gasteiger partial charge in [0.2, 0.25) is 34.9 Å². The van der Waals surface area contributed by atoms with Crippen molar-refractivity contribution in [3.05, 3.63) is 88.4 Å². The molecule has 0 spiro atoms. The molecule has 0 saturated heterocycles. The molecule has 1 heterocycles. The highest BCUT2D eigenvalue weighted by Gasteiger charge is 2.27. The number of benzene rings is 3. The summed E-state index contributed by atoms with van der Waals surface area (Å²) in [5.41, 5.74) is 1.40. The lowest BCUT2D eigenvalue weighted by molar-refractivity contribution is -0.118. The van der Waals surface area contributed by atoms with Crippen molar-refractivity contribution >= 4 is 28.3 Å². The summed E-state index contributed by atoms with van der Waals surface area (Å²) < 4.78 is 82.5. The minimum Gasteiger partial charge on any atom is -0.497 e. The number of hydrogen-bond donors (Lipinski definition) is 1. The number of furan rings is 1. The number of nitrogens with one attached hydrogen (secondary N) is 1. The first kappa shape index (κ1) is 24.7. The zero-order chi connectivity index (χ0) is 26.1. The van der Waals surface area contributed by atoms with Crippen LogP contribution in [0.1, 0.15) is 21.7 Å². The van der Waals surface area contributed by atoms with Crippen LogP contribution in [0, 0.1) is 36.0 Å². The maximum absolute atomic E-state index is 13.7. The Labute approximate surface area is 200 Å². The van der Waals surface area contributed by atoms with Gasteiger partial charge in [0, 0.05) is 22.2 Å². The maximum Gasteiger partial charge on any atom is 0.262 e. The molecule has 0 aliphatic carbocycles. The molecule has 1 amide bonds. The molecule has 3 aromatic carbocycles. The fraction of sp³-hybridized carbons (Fsp3) is 0.120. The van der Waals surface area contributed by atoms with Crippen molar-refractivity contribution in [3.63, 3.8) is 0 Å². The van der Waals surface area contributed by atoms with Crippen molar-refractivity contribution < 1.29 is 45.4 Å². The van der Waals surface area contributed by atoms with Crippen molar-refractivity contribution in [2.75, 3.05) is 19.0 Å². The van der Waals surface area contributed by atoms with Crippen LogP contribution in [0.4, 0.5) is 27.6 Å². The van der Waals surface area contributed by atoms with E-state index in [1.165, 1.54) is 25.3 Å². The summed E-state index contributed by atoms with van der Waals surface area (Å²) in [6.45, 7) is 0.609. The summed E-state index contributed by atoms with van der Waals surface area (Å²) in [5, 5.41) is 2.88. The van der Waals surface area contributed by atoms with E-state index in [1.807, 2.05) is 0 Å². The number of rotatable bonds is 7. The molecule has 4 aromatic rings. The van der Waals surface area contributed by atoms with Gasteiger partial charge in [-0.15, -0.1) is 0 Å². The normalized spacial score (nSPS) is 11.0. The molecule has 0 atom stereocenters. The van der Waals surface area contributed by atoms with Gasteiger partial charge in [0.25, 0.3) is 5.91 Å². The number of amides is 1. The third-order valence-corrected chi connectivity index (χ3v) is 5.28. The highest BCUT2D eigenvalue weighted by Crippen LogP contribution is 2.31. The molecular weight excluding hydrogens is 489 g/mol. The van der Waals surface area contributed by atoms with Crippen LogP contribution in [-0.2, 0) is 4.79 Å². The van der Waals surface area contributed by atoms with Crippen LogP contribution in [0.2, 0.25) is 0 Å². The van der Waals surface area contributed by atoms with Gasteiger partial charge in [0.1, 0.15) is 11.3 Å². The molecule has 0 bridgehead atoms. The van der Waals surface area contributed by atoms with Gasteiger partial charge in [-0.05, 0) is 37.3 Å². The lowest BCUT2D eigenvalue weighted by Gasteiger charge is -2.10. The Hall–Kier alpha value is -4.41. The summed E-state index contributed by atoms with van der Waals surface area (Å²) in [4.78, 5) is 25.1.